The van der Waals surface area contributed by atoms with Crippen LogP contribution in [0.25, 0.3) is 0 Å². The van der Waals surface area contributed by atoms with Crippen LogP contribution in [0.2, 0.25) is 0 Å². The molecule has 18 heavy (non-hydrogen) atoms. The Morgan fingerprint density at radius 3 is 2.44 bits per heavy atom. The Bertz CT molecular complexity index is 385. The van der Waals surface area contributed by atoms with E-state index in [0.717, 1.165) is 6.42 Å². The Balaban J connectivity index is 2.39. The van der Waals surface area contributed by atoms with E-state index < -0.39 is 0 Å². The Hall–Kier alpha value is -1.55. The van der Waals surface area contributed by atoms with E-state index in [-0.39, 0.29) is 12.6 Å². The molecule has 0 aliphatic heterocycles. The molecule has 4 heteroatoms. The lowest BCUT2D eigenvalue weighted by Gasteiger charge is -2.16. The van der Waals surface area contributed by atoms with Gasteiger partial charge in [0.1, 0.15) is 0 Å². The zero-order valence-electron chi connectivity index (χ0n) is 11.4. The monoisotopic (exact) mass is 250 g/mol. The predicted molar refractivity (Wildman–Crippen MR) is 72.7 cm³/mol. The molecule has 2 N–H and O–H groups in total. The zero-order chi connectivity index (χ0) is 13.5. The Morgan fingerprint density at radius 2 is 1.89 bits per heavy atom. The Kier molecular flexibility index (Phi) is 5.65. The summed E-state index contributed by atoms with van der Waals surface area (Å²) in [4.78, 5) is 13.0. The van der Waals surface area contributed by atoms with Gasteiger partial charge in [-0.2, -0.15) is 0 Å². The van der Waals surface area contributed by atoms with Crippen LogP contribution in [0.3, 0.4) is 0 Å². The molecule has 0 aromatic heterocycles. The third-order valence-corrected chi connectivity index (χ3v) is 2.75. The molecule has 100 valence electrons. The second kappa shape index (κ2) is 7.01. The third kappa shape index (κ3) is 4.75. The van der Waals surface area contributed by atoms with Crippen molar-refractivity contribution in [1.82, 2.24) is 10.2 Å². The van der Waals surface area contributed by atoms with E-state index in [4.69, 9.17) is 5.11 Å². The summed E-state index contributed by atoms with van der Waals surface area (Å²) in [6, 6.07) is 6.26. The maximum atomic E-state index is 11.6. The fourth-order valence-electron chi connectivity index (χ4n) is 1.91. The summed E-state index contributed by atoms with van der Waals surface area (Å²) in [6.07, 6.45) is 0.821. The number of carbonyl (C=O) groups excluding carboxylic acids is 1. The summed E-state index contributed by atoms with van der Waals surface area (Å²) in [5.74, 6) is 0. The number of urea groups is 1. The highest BCUT2D eigenvalue weighted by molar-refractivity contribution is 5.73. The molecule has 0 atom stereocenters. The van der Waals surface area contributed by atoms with Gasteiger partial charge in [-0.3, -0.25) is 0 Å². The molecule has 0 fully saturated rings. The van der Waals surface area contributed by atoms with Crippen molar-refractivity contribution < 1.29 is 9.90 Å². The second-order valence-corrected chi connectivity index (χ2v) is 4.62. The van der Waals surface area contributed by atoms with Crippen LogP contribution in [0.15, 0.2) is 18.2 Å². The molecule has 0 aliphatic rings. The van der Waals surface area contributed by atoms with Gasteiger partial charge in [-0.05, 0) is 25.8 Å². The van der Waals surface area contributed by atoms with Crippen LogP contribution < -0.4 is 5.32 Å². The highest BCUT2D eigenvalue weighted by Crippen LogP contribution is 2.08. The topological polar surface area (TPSA) is 52.6 Å². The first-order valence-electron chi connectivity index (χ1n) is 6.20. The maximum Gasteiger partial charge on any atom is 0.317 e. The number of aryl methyl sites for hydroxylation is 2. The number of rotatable bonds is 5. The number of benzene rings is 1. The number of aliphatic hydroxyl groups is 1. The van der Waals surface area contributed by atoms with Crippen LogP contribution in [-0.2, 0) is 6.42 Å². The number of hydrogen-bond acceptors (Lipinski definition) is 2. The van der Waals surface area contributed by atoms with Gasteiger partial charge in [0.05, 0.1) is 6.61 Å². The third-order valence-electron chi connectivity index (χ3n) is 2.75. The molecule has 0 bridgehead atoms. The molecular weight excluding hydrogens is 228 g/mol. The summed E-state index contributed by atoms with van der Waals surface area (Å²) in [5.41, 5.74) is 3.72. The minimum absolute atomic E-state index is 0.0129. The van der Waals surface area contributed by atoms with E-state index in [2.05, 4.69) is 37.4 Å². The first-order chi connectivity index (χ1) is 8.52. The largest absolute Gasteiger partial charge is 0.395 e. The van der Waals surface area contributed by atoms with Gasteiger partial charge in [-0.1, -0.05) is 29.3 Å². The molecule has 0 unspecified atom stereocenters. The number of likely N-dealkylation sites (N-methyl/N-ethyl adjacent to an activating group) is 1. The van der Waals surface area contributed by atoms with Gasteiger partial charge in [0.15, 0.2) is 0 Å². The molecule has 0 radical (unpaired) electrons. The lowest BCUT2D eigenvalue weighted by molar-refractivity contribution is 0.190. The number of aliphatic hydroxyl groups excluding tert-OH is 1. The van der Waals surface area contributed by atoms with E-state index in [9.17, 15) is 4.79 Å². The van der Waals surface area contributed by atoms with E-state index in [1.807, 2.05) is 0 Å². The SMILES string of the molecule is Cc1cc(C)cc(CCNC(=O)N(C)CCO)c1. The van der Waals surface area contributed by atoms with Crippen LogP contribution >= 0.6 is 0 Å². The molecule has 0 saturated heterocycles. The van der Waals surface area contributed by atoms with E-state index >= 15 is 0 Å². The number of hydrogen-bond donors (Lipinski definition) is 2. The van der Waals surface area contributed by atoms with Gasteiger partial charge in [0.25, 0.3) is 0 Å². The number of carbonyl (C=O) groups is 1. The fourth-order valence-corrected chi connectivity index (χ4v) is 1.91. The highest BCUT2D eigenvalue weighted by atomic mass is 16.3. The van der Waals surface area contributed by atoms with Crippen LogP contribution in [0.5, 0.6) is 0 Å². The minimum Gasteiger partial charge on any atom is -0.395 e. The summed E-state index contributed by atoms with van der Waals surface area (Å²) in [5, 5.41) is 11.6. The van der Waals surface area contributed by atoms with Crippen LogP contribution in [0.1, 0.15) is 16.7 Å². The van der Waals surface area contributed by atoms with Crippen molar-refractivity contribution in [1.29, 1.82) is 0 Å². The van der Waals surface area contributed by atoms with Crippen LogP contribution in [0.4, 0.5) is 4.79 Å². The number of amides is 2. The summed E-state index contributed by atoms with van der Waals surface area (Å²) < 4.78 is 0. The summed E-state index contributed by atoms with van der Waals surface area (Å²) in [6.45, 7) is 5.10. The molecule has 0 spiro atoms. The smallest absolute Gasteiger partial charge is 0.317 e. The first kappa shape index (κ1) is 14.5. The Labute approximate surface area is 109 Å². The minimum atomic E-state index is -0.145. The zero-order valence-corrected chi connectivity index (χ0v) is 11.4. The van der Waals surface area contributed by atoms with Crippen molar-refractivity contribution in [2.45, 2.75) is 20.3 Å². The molecular formula is C14H22N2O2. The molecule has 1 aromatic rings. The van der Waals surface area contributed by atoms with Crippen molar-refractivity contribution in [3.05, 3.63) is 34.9 Å². The molecule has 4 nitrogen and oxygen atoms in total. The second-order valence-electron chi connectivity index (χ2n) is 4.62. The number of nitrogens with zero attached hydrogens (tertiary/aromatic N) is 1. The van der Waals surface area contributed by atoms with Crippen LogP contribution in [-0.4, -0.2) is 42.8 Å². The maximum absolute atomic E-state index is 11.6. The van der Waals surface area contributed by atoms with Crippen molar-refractivity contribution in [3.63, 3.8) is 0 Å². The van der Waals surface area contributed by atoms with E-state index in [1.165, 1.54) is 21.6 Å². The lowest BCUT2D eigenvalue weighted by atomic mass is 10.1. The summed E-state index contributed by atoms with van der Waals surface area (Å²) in [7, 11) is 1.67. The van der Waals surface area contributed by atoms with Gasteiger partial charge < -0.3 is 15.3 Å². The van der Waals surface area contributed by atoms with Crippen molar-refractivity contribution in [2.24, 2.45) is 0 Å². The molecule has 1 rings (SSSR count). The number of nitrogens with one attached hydrogen (secondary N) is 1. The molecule has 0 aliphatic carbocycles. The Morgan fingerprint density at radius 1 is 1.28 bits per heavy atom. The standard InChI is InChI=1S/C14H22N2O2/c1-11-8-12(2)10-13(9-11)4-5-15-14(18)16(3)6-7-17/h8-10,17H,4-7H2,1-3H3,(H,15,18). The molecule has 0 heterocycles. The van der Waals surface area contributed by atoms with E-state index in [1.54, 1.807) is 7.05 Å². The average molecular weight is 250 g/mol. The quantitative estimate of drug-likeness (QED) is 0.831. The normalized spacial score (nSPS) is 10.2. The fraction of sp³-hybridized carbons (Fsp3) is 0.500. The van der Waals surface area contributed by atoms with Gasteiger partial charge in [0.2, 0.25) is 0 Å². The molecule has 0 saturated carbocycles. The van der Waals surface area contributed by atoms with Gasteiger partial charge in [0, 0.05) is 20.1 Å². The van der Waals surface area contributed by atoms with Gasteiger partial charge in [-0.15, -0.1) is 0 Å². The van der Waals surface area contributed by atoms with Crippen LogP contribution in [0, 0.1) is 13.8 Å². The summed E-state index contributed by atoms with van der Waals surface area (Å²) >= 11 is 0. The lowest BCUT2D eigenvalue weighted by Crippen LogP contribution is -2.39. The van der Waals surface area contributed by atoms with Crippen molar-refractivity contribution >= 4 is 6.03 Å². The first-order valence-corrected chi connectivity index (χ1v) is 6.20. The van der Waals surface area contributed by atoms with Crippen molar-refractivity contribution in [3.8, 4) is 0 Å². The average Bonchev–Trinajstić information content (AvgIpc) is 2.27. The van der Waals surface area contributed by atoms with E-state index in [0.29, 0.717) is 13.1 Å². The van der Waals surface area contributed by atoms with Crippen molar-refractivity contribution in [2.75, 3.05) is 26.7 Å². The molecule has 2 amide bonds. The predicted octanol–water partition coefficient (Wildman–Crippen LogP) is 1.48. The van der Waals surface area contributed by atoms with Gasteiger partial charge >= 0.3 is 6.03 Å². The highest BCUT2D eigenvalue weighted by Gasteiger charge is 2.06. The molecule has 1 aromatic carbocycles. The van der Waals surface area contributed by atoms with Gasteiger partial charge in [-0.25, -0.2) is 4.79 Å².